The summed E-state index contributed by atoms with van der Waals surface area (Å²) >= 11 is 0. The Balaban J connectivity index is 1.62. The largest absolute Gasteiger partial charge is 0.444 e. The first-order valence-corrected chi connectivity index (χ1v) is 17.2. The molecule has 0 unspecified atom stereocenters. The molecule has 7 nitrogen and oxygen atoms in total. The number of piperazine rings is 1. The molecule has 0 aliphatic carbocycles. The fourth-order valence-corrected chi connectivity index (χ4v) is 5.78. The van der Waals surface area contributed by atoms with Crippen LogP contribution in [0.2, 0.25) is 0 Å². The summed E-state index contributed by atoms with van der Waals surface area (Å²) in [5, 5.41) is 2.69. The molecule has 1 aliphatic heterocycles. The minimum atomic E-state index is -0.254. The minimum absolute atomic E-state index is 0.157. The summed E-state index contributed by atoms with van der Waals surface area (Å²) in [6.45, 7) is 9.34. The minimum Gasteiger partial charge on any atom is -0.444 e. The van der Waals surface area contributed by atoms with Crippen LogP contribution in [0.15, 0.2) is 24.3 Å². The number of likely N-dealkylation sites (N-methyl/N-ethyl adjacent to an activating group) is 1. The maximum absolute atomic E-state index is 13.1. The third kappa shape index (κ3) is 17.1. The van der Waals surface area contributed by atoms with E-state index in [2.05, 4.69) is 29.1 Å². The molecule has 2 rings (SSSR count). The third-order valence-electron chi connectivity index (χ3n) is 8.62. The van der Waals surface area contributed by atoms with Gasteiger partial charge >= 0.3 is 6.09 Å². The summed E-state index contributed by atoms with van der Waals surface area (Å²) in [5.74, 6) is 0. The molecule has 42 heavy (non-hydrogen) atoms. The van der Waals surface area contributed by atoms with Crippen molar-refractivity contribution in [2.24, 2.45) is 0 Å². The lowest BCUT2D eigenvalue weighted by atomic mass is 10.0. The standard InChI is InChI=1S/C35H62N4O3/c1-3-4-5-6-7-8-9-10-11-12-13-14-15-16-17-20-25-39(26-21-24-38-29-27-37(2)28-30-38)35(41)42-31-33-22-18-19-23-34(33)36-32-40/h18-19,22-23,32H,3-17,20-21,24-31H2,1-2H3,(H,36,40). The van der Waals surface area contributed by atoms with E-state index in [1.807, 2.05) is 29.2 Å². The van der Waals surface area contributed by atoms with E-state index < -0.39 is 0 Å². The van der Waals surface area contributed by atoms with Gasteiger partial charge in [0.2, 0.25) is 6.41 Å². The predicted molar refractivity (Wildman–Crippen MR) is 176 cm³/mol. The Bertz CT molecular complexity index is 813. The van der Waals surface area contributed by atoms with Gasteiger partial charge in [-0.15, -0.1) is 0 Å². The van der Waals surface area contributed by atoms with Gasteiger partial charge < -0.3 is 24.8 Å². The number of anilines is 1. The summed E-state index contributed by atoms with van der Waals surface area (Å²) in [6, 6.07) is 7.46. The predicted octanol–water partition coefficient (Wildman–Crippen LogP) is 8.09. The quantitative estimate of drug-likeness (QED) is 0.0926. The highest BCUT2D eigenvalue weighted by molar-refractivity contribution is 5.73. The van der Waals surface area contributed by atoms with Crippen molar-refractivity contribution < 1.29 is 14.3 Å². The van der Waals surface area contributed by atoms with Gasteiger partial charge in [-0.25, -0.2) is 4.79 Å². The highest BCUT2D eigenvalue weighted by Gasteiger charge is 2.18. The molecule has 0 atom stereocenters. The molecule has 240 valence electrons. The van der Waals surface area contributed by atoms with Gasteiger partial charge in [-0.3, -0.25) is 4.79 Å². The molecular formula is C35H62N4O3. The van der Waals surface area contributed by atoms with Gasteiger partial charge in [-0.05, 0) is 32.5 Å². The van der Waals surface area contributed by atoms with Crippen molar-refractivity contribution in [2.75, 3.05) is 58.2 Å². The van der Waals surface area contributed by atoms with Crippen LogP contribution in [-0.4, -0.2) is 80.1 Å². The molecule has 0 spiro atoms. The average molecular weight is 587 g/mol. The second kappa shape index (κ2) is 24.3. The molecule has 1 N–H and O–H groups in total. The van der Waals surface area contributed by atoms with E-state index in [9.17, 15) is 9.59 Å². The van der Waals surface area contributed by atoms with Crippen LogP contribution in [0.1, 0.15) is 122 Å². The topological polar surface area (TPSA) is 65.1 Å². The zero-order valence-corrected chi connectivity index (χ0v) is 27.1. The number of nitrogens with zero attached hydrogens (tertiary/aromatic N) is 3. The van der Waals surface area contributed by atoms with Crippen LogP contribution in [0.5, 0.6) is 0 Å². The van der Waals surface area contributed by atoms with Crippen LogP contribution in [0.4, 0.5) is 10.5 Å². The van der Waals surface area contributed by atoms with Crippen molar-refractivity contribution in [1.29, 1.82) is 0 Å². The van der Waals surface area contributed by atoms with Crippen molar-refractivity contribution in [3.05, 3.63) is 29.8 Å². The highest BCUT2D eigenvalue weighted by Crippen LogP contribution is 2.17. The maximum atomic E-state index is 13.1. The summed E-state index contributed by atoms with van der Waals surface area (Å²) in [4.78, 5) is 30.8. The summed E-state index contributed by atoms with van der Waals surface area (Å²) < 4.78 is 5.72. The zero-order valence-electron chi connectivity index (χ0n) is 27.1. The SMILES string of the molecule is CCCCCCCCCCCCCCCCCCN(CCCN1CCN(C)CC1)C(=O)OCc1ccccc1NC=O. The Labute approximate surface area is 257 Å². The second-order valence-electron chi connectivity index (χ2n) is 12.3. The Morgan fingerprint density at radius 2 is 1.31 bits per heavy atom. The fourth-order valence-electron chi connectivity index (χ4n) is 5.78. The molecule has 1 fully saturated rings. The van der Waals surface area contributed by atoms with Crippen molar-refractivity contribution in [3.8, 4) is 0 Å². The van der Waals surface area contributed by atoms with Crippen LogP contribution >= 0.6 is 0 Å². The molecule has 1 heterocycles. The van der Waals surface area contributed by atoms with E-state index in [0.717, 1.165) is 70.6 Å². The van der Waals surface area contributed by atoms with Crippen molar-refractivity contribution in [1.82, 2.24) is 14.7 Å². The molecule has 0 radical (unpaired) electrons. The third-order valence-corrected chi connectivity index (χ3v) is 8.62. The van der Waals surface area contributed by atoms with Crippen LogP contribution < -0.4 is 5.32 Å². The van der Waals surface area contributed by atoms with Crippen LogP contribution in [0, 0.1) is 0 Å². The molecule has 1 aromatic rings. The Morgan fingerprint density at radius 1 is 0.786 bits per heavy atom. The molecular weight excluding hydrogens is 524 g/mol. The molecule has 7 heteroatoms. The summed E-state index contributed by atoms with van der Waals surface area (Å²) in [7, 11) is 2.18. The van der Waals surface area contributed by atoms with Gasteiger partial charge in [0, 0.05) is 50.5 Å². The van der Waals surface area contributed by atoms with Crippen LogP contribution in [0.3, 0.4) is 0 Å². The number of hydrogen-bond donors (Lipinski definition) is 1. The first-order chi connectivity index (χ1) is 20.6. The number of unbranched alkanes of at least 4 members (excludes halogenated alkanes) is 15. The van der Waals surface area contributed by atoms with Gasteiger partial charge in [0.1, 0.15) is 6.61 Å². The van der Waals surface area contributed by atoms with Crippen molar-refractivity contribution in [3.63, 3.8) is 0 Å². The summed E-state index contributed by atoms with van der Waals surface area (Å²) in [5.41, 5.74) is 1.48. The summed E-state index contributed by atoms with van der Waals surface area (Å²) in [6.07, 6.45) is 22.8. The van der Waals surface area contributed by atoms with Crippen LogP contribution in [0.25, 0.3) is 0 Å². The van der Waals surface area contributed by atoms with Gasteiger partial charge in [0.25, 0.3) is 0 Å². The van der Waals surface area contributed by atoms with E-state index in [0.29, 0.717) is 12.1 Å². The van der Waals surface area contributed by atoms with Gasteiger partial charge in [-0.1, -0.05) is 121 Å². The Morgan fingerprint density at radius 3 is 1.88 bits per heavy atom. The zero-order chi connectivity index (χ0) is 30.1. The lowest BCUT2D eigenvalue weighted by Crippen LogP contribution is -2.45. The number of carbonyl (C=O) groups excluding carboxylic acids is 2. The number of ether oxygens (including phenoxy) is 1. The maximum Gasteiger partial charge on any atom is 0.410 e. The highest BCUT2D eigenvalue weighted by atomic mass is 16.6. The number of carbonyl (C=O) groups is 2. The first-order valence-electron chi connectivity index (χ1n) is 17.2. The van der Waals surface area contributed by atoms with E-state index in [1.54, 1.807) is 0 Å². The second-order valence-corrected chi connectivity index (χ2v) is 12.3. The van der Waals surface area contributed by atoms with Crippen LogP contribution in [-0.2, 0) is 16.1 Å². The molecule has 1 saturated heterocycles. The number of hydrogen-bond acceptors (Lipinski definition) is 5. The van der Waals surface area contributed by atoms with Crippen molar-refractivity contribution >= 4 is 18.2 Å². The number of benzene rings is 1. The van der Waals surface area contributed by atoms with Crippen molar-refractivity contribution in [2.45, 2.75) is 123 Å². The first kappa shape index (κ1) is 36.1. The Kier molecular flexibility index (Phi) is 20.9. The molecule has 0 aromatic heterocycles. The number of amides is 2. The number of para-hydroxylation sites is 1. The smallest absolute Gasteiger partial charge is 0.410 e. The average Bonchev–Trinajstić information content (AvgIpc) is 3.00. The molecule has 2 amide bonds. The normalized spacial score (nSPS) is 14.1. The molecule has 0 saturated carbocycles. The van der Waals surface area contributed by atoms with E-state index in [4.69, 9.17) is 4.74 Å². The van der Waals surface area contributed by atoms with Gasteiger partial charge in [0.15, 0.2) is 0 Å². The molecule has 1 aliphatic rings. The number of nitrogens with one attached hydrogen (secondary N) is 1. The number of rotatable bonds is 25. The lowest BCUT2D eigenvalue weighted by molar-refractivity contribution is -0.105. The van der Waals surface area contributed by atoms with E-state index in [-0.39, 0.29) is 12.7 Å². The fraction of sp³-hybridized carbons (Fsp3) is 0.771. The monoisotopic (exact) mass is 586 g/mol. The van der Waals surface area contributed by atoms with Gasteiger partial charge in [-0.2, -0.15) is 0 Å². The van der Waals surface area contributed by atoms with E-state index in [1.165, 1.54) is 89.9 Å². The van der Waals surface area contributed by atoms with E-state index >= 15 is 0 Å². The Hall–Kier alpha value is -2.12. The lowest BCUT2D eigenvalue weighted by Gasteiger charge is -2.32. The molecule has 0 bridgehead atoms. The molecule has 1 aromatic carbocycles. The van der Waals surface area contributed by atoms with Gasteiger partial charge in [0.05, 0.1) is 0 Å².